The predicted octanol–water partition coefficient (Wildman–Crippen LogP) is 4.98. The van der Waals surface area contributed by atoms with E-state index < -0.39 is 29.8 Å². The van der Waals surface area contributed by atoms with Crippen molar-refractivity contribution in [3.8, 4) is 5.69 Å². The van der Waals surface area contributed by atoms with Gasteiger partial charge in [0.1, 0.15) is 12.1 Å². The smallest absolute Gasteiger partial charge is 0.324 e. The number of carbonyl (C=O) groups excluding carboxylic acids is 1. The van der Waals surface area contributed by atoms with E-state index in [-0.39, 0.29) is 17.1 Å². The zero-order chi connectivity index (χ0) is 25.5. The molecule has 182 valence electrons. The average molecular weight is 483 g/mol. The Morgan fingerprint density at radius 3 is 2.49 bits per heavy atom. The lowest BCUT2D eigenvalue weighted by molar-refractivity contribution is -0.137. The molecule has 0 aliphatic heterocycles. The number of nitrogens with one attached hydrogen (secondary N) is 1. The molecule has 0 bridgehead atoms. The molecule has 0 spiro atoms. The van der Waals surface area contributed by atoms with E-state index in [1.54, 1.807) is 6.20 Å². The maximum atomic E-state index is 13.4. The molecule has 1 N–H and O–H groups in total. The molecule has 1 amide bonds. The second kappa shape index (κ2) is 9.01. The molecule has 0 atom stereocenters. The predicted molar refractivity (Wildman–Crippen MR) is 127 cm³/mol. The Balaban J connectivity index is 1.74. The molecular weight excluding hydrogens is 459 g/mol. The standard InChI is InChI=1S/C25H24F3N5O2/c1-14(2)22-20-12-29-33(19-9-8-15(3)16(4)10-19)23(20)24(35)32(31-22)13-21(34)30-18-7-5-6-17(11-18)25(26,27)28/h5-12,14H,13H2,1-4H3,(H,30,34). The summed E-state index contributed by atoms with van der Waals surface area (Å²) >= 11 is 0. The fraction of sp³-hybridized carbons (Fsp3) is 0.280. The summed E-state index contributed by atoms with van der Waals surface area (Å²) in [5, 5.41) is 11.8. The molecule has 0 aliphatic rings. The number of amides is 1. The summed E-state index contributed by atoms with van der Waals surface area (Å²) in [6.07, 6.45) is -2.95. The largest absolute Gasteiger partial charge is 0.416 e. The van der Waals surface area contributed by atoms with Gasteiger partial charge in [0.05, 0.1) is 23.1 Å². The van der Waals surface area contributed by atoms with Gasteiger partial charge in [0, 0.05) is 11.1 Å². The maximum absolute atomic E-state index is 13.4. The number of benzene rings is 2. The van der Waals surface area contributed by atoms with Crippen molar-refractivity contribution in [2.45, 2.75) is 46.3 Å². The van der Waals surface area contributed by atoms with Gasteiger partial charge in [0.15, 0.2) is 0 Å². The van der Waals surface area contributed by atoms with Crippen LogP contribution in [0.25, 0.3) is 16.6 Å². The van der Waals surface area contributed by atoms with Crippen molar-refractivity contribution < 1.29 is 18.0 Å². The normalized spacial score (nSPS) is 11.9. The number of nitrogens with zero attached hydrogens (tertiary/aromatic N) is 4. The number of hydrogen-bond acceptors (Lipinski definition) is 4. The highest BCUT2D eigenvalue weighted by Gasteiger charge is 2.30. The molecule has 4 rings (SSSR count). The second-order valence-electron chi connectivity index (χ2n) is 8.72. The summed E-state index contributed by atoms with van der Waals surface area (Å²) in [6, 6.07) is 10.0. The lowest BCUT2D eigenvalue weighted by Crippen LogP contribution is -2.31. The van der Waals surface area contributed by atoms with Crippen molar-refractivity contribution in [2.24, 2.45) is 0 Å². The highest BCUT2D eigenvalue weighted by atomic mass is 19.4. The van der Waals surface area contributed by atoms with Gasteiger partial charge >= 0.3 is 6.18 Å². The molecule has 0 fully saturated rings. The van der Waals surface area contributed by atoms with Crippen LogP contribution in [-0.2, 0) is 17.5 Å². The third-order valence-electron chi connectivity index (χ3n) is 5.76. The summed E-state index contributed by atoms with van der Waals surface area (Å²) in [5.74, 6) is -0.751. The summed E-state index contributed by atoms with van der Waals surface area (Å²) in [5.41, 5.74) is 2.25. The Bertz CT molecular complexity index is 1480. The summed E-state index contributed by atoms with van der Waals surface area (Å²) in [6.45, 7) is 7.29. The number of fused-ring (bicyclic) bond motifs is 1. The Labute approximate surface area is 199 Å². The van der Waals surface area contributed by atoms with Gasteiger partial charge in [0.25, 0.3) is 5.56 Å². The number of aromatic nitrogens is 4. The Hall–Kier alpha value is -3.95. The number of rotatable bonds is 5. The minimum Gasteiger partial charge on any atom is -0.324 e. The second-order valence-corrected chi connectivity index (χ2v) is 8.72. The molecule has 0 saturated heterocycles. The summed E-state index contributed by atoms with van der Waals surface area (Å²) in [7, 11) is 0. The molecule has 10 heteroatoms. The van der Waals surface area contributed by atoms with Gasteiger partial charge in [-0.1, -0.05) is 26.0 Å². The van der Waals surface area contributed by atoms with Gasteiger partial charge in [-0.25, -0.2) is 9.36 Å². The van der Waals surface area contributed by atoms with Crippen molar-refractivity contribution in [1.29, 1.82) is 0 Å². The average Bonchev–Trinajstić information content (AvgIpc) is 3.22. The van der Waals surface area contributed by atoms with E-state index in [2.05, 4.69) is 15.5 Å². The van der Waals surface area contributed by atoms with Crippen molar-refractivity contribution in [1.82, 2.24) is 19.6 Å². The van der Waals surface area contributed by atoms with Crippen LogP contribution >= 0.6 is 0 Å². The Kier molecular flexibility index (Phi) is 6.23. The third kappa shape index (κ3) is 4.82. The number of anilines is 1. The molecule has 0 aliphatic carbocycles. The zero-order valence-corrected chi connectivity index (χ0v) is 19.6. The highest BCUT2D eigenvalue weighted by molar-refractivity contribution is 5.91. The monoisotopic (exact) mass is 483 g/mol. The van der Waals surface area contributed by atoms with Crippen molar-refractivity contribution in [2.75, 3.05) is 5.32 Å². The van der Waals surface area contributed by atoms with Crippen LogP contribution in [0.5, 0.6) is 0 Å². The number of aryl methyl sites for hydroxylation is 2. The van der Waals surface area contributed by atoms with Gasteiger partial charge < -0.3 is 5.32 Å². The fourth-order valence-electron chi connectivity index (χ4n) is 3.79. The first-order valence-electron chi connectivity index (χ1n) is 11.0. The number of hydrogen-bond donors (Lipinski definition) is 1. The molecule has 35 heavy (non-hydrogen) atoms. The molecule has 2 heterocycles. The van der Waals surface area contributed by atoms with Gasteiger partial charge in [0.2, 0.25) is 5.91 Å². The minimum atomic E-state index is -4.54. The van der Waals surface area contributed by atoms with Gasteiger partial charge in [-0.3, -0.25) is 9.59 Å². The van der Waals surface area contributed by atoms with E-state index in [9.17, 15) is 22.8 Å². The first-order chi connectivity index (χ1) is 16.5. The first kappa shape index (κ1) is 24.2. The van der Waals surface area contributed by atoms with Crippen molar-refractivity contribution in [3.63, 3.8) is 0 Å². The minimum absolute atomic E-state index is 0.0248. The van der Waals surface area contributed by atoms with Crippen LogP contribution < -0.4 is 10.9 Å². The number of alkyl halides is 3. The lowest BCUT2D eigenvalue weighted by Gasteiger charge is -2.13. The summed E-state index contributed by atoms with van der Waals surface area (Å²) < 4.78 is 41.5. The SMILES string of the molecule is Cc1ccc(-n2ncc3c(C(C)C)nn(CC(=O)Nc4cccc(C(F)(F)F)c4)c(=O)c32)cc1C. The zero-order valence-electron chi connectivity index (χ0n) is 19.6. The van der Waals surface area contributed by atoms with Crippen LogP contribution in [0, 0.1) is 13.8 Å². The van der Waals surface area contributed by atoms with Crippen LogP contribution in [0.2, 0.25) is 0 Å². The third-order valence-corrected chi connectivity index (χ3v) is 5.76. The molecule has 0 radical (unpaired) electrons. The van der Waals surface area contributed by atoms with E-state index in [0.29, 0.717) is 16.8 Å². The van der Waals surface area contributed by atoms with Crippen LogP contribution in [0.4, 0.5) is 18.9 Å². The number of halogens is 3. The Morgan fingerprint density at radius 2 is 1.83 bits per heavy atom. The van der Waals surface area contributed by atoms with Crippen LogP contribution in [0.1, 0.15) is 42.1 Å². The van der Waals surface area contributed by atoms with Crippen LogP contribution in [0.15, 0.2) is 53.5 Å². The molecular formula is C25H24F3N5O2. The molecule has 0 saturated carbocycles. The quantitative estimate of drug-likeness (QED) is 0.434. The van der Waals surface area contributed by atoms with Gasteiger partial charge in [-0.15, -0.1) is 0 Å². The fourth-order valence-corrected chi connectivity index (χ4v) is 3.79. The van der Waals surface area contributed by atoms with Crippen molar-refractivity contribution >= 4 is 22.5 Å². The molecule has 7 nitrogen and oxygen atoms in total. The maximum Gasteiger partial charge on any atom is 0.416 e. The first-order valence-corrected chi connectivity index (χ1v) is 11.0. The number of carbonyl (C=O) groups is 1. The van der Waals surface area contributed by atoms with E-state index in [1.165, 1.54) is 16.8 Å². The van der Waals surface area contributed by atoms with E-state index >= 15 is 0 Å². The van der Waals surface area contributed by atoms with Crippen LogP contribution in [0.3, 0.4) is 0 Å². The van der Waals surface area contributed by atoms with Crippen LogP contribution in [-0.4, -0.2) is 25.5 Å². The van der Waals surface area contributed by atoms with E-state index in [4.69, 9.17) is 0 Å². The summed E-state index contributed by atoms with van der Waals surface area (Å²) in [4.78, 5) is 26.1. The Morgan fingerprint density at radius 1 is 1.09 bits per heavy atom. The van der Waals surface area contributed by atoms with E-state index in [0.717, 1.165) is 27.9 Å². The topological polar surface area (TPSA) is 81.8 Å². The molecule has 4 aromatic rings. The van der Waals surface area contributed by atoms with Gasteiger partial charge in [-0.2, -0.15) is 23.4 Å². The van der Waals surface area contributed by atoms with Crippen molar-refractivity contribution in [3.05, 3.63) is 81.4 Å². The van der Waals surface area contributed by atoms with Gasteiger partial charge in [-0.05, 0) is 61.2 Å². The molecule has 2 aromatic heterocycles. The van der Waals surface area contributed by atoms with E-state index in [1.807, 2.05) is 45.9 Å². The molecule has 0 unspecified atom stereocenters. The lowest BCUT2D eigenvalue weighted by atomic mass is 10.1. The highest BCUT2D eigenvalue weighted by Crippen LogP contribution is 2.30. The molecule has 2 aromatic carbocycles.